The van der Waals surface area contributed by atoms with Gasteiger partial charge in [0.25, 0.3) is 5.91 Å². The number of rotatable bonds is 2. The molecule has 0 radical (unpaired) electrons. The van der Waals surface area contributed by atoms with Crippen LogP contribution in [0.3, 0.4) is 0 Å². The van der Waals surface area contributed by atoms with Crippen LogP contribution in [-0.4, -0.2) is 30.0 Å². The Hall–Kier alpha value is -0.610. The largest absolute Gasteiger partial charge is 0.320 e. The van der Waals surface area contributed by atoms with Crippen LogP contribution in [0.2, 0.25) is 0 Å². The molecule has 0 aromatic rings. The number of carbonyl (C=O) groups excluding carboxylic acids is 1. The molecule has 1 aliphatic heterocycles. The molecule has 1 heterocycles. The number of hydrazine groups is 1. The summed E-state index contributed by atoms with van der Waals surface area (Å²) in [6.45, 7) is 3.61. The molecule has 1 atom stereocenters. The van der Waals surface area contributed by atoms with E-state index in [2.05, 4.69) is 5.43 Å². The van der Waals surface area contributed by atoms with Crippen LogP contribution in [0.4, 0.5) is 0 Å². The van der Waals surface area contributed by atoms with Crippen molar-refractivity contribution >= 4 is 5.91 Å². The topological polar surface area (TPSA) is 58.4 Å². The Bertz CT molecular complexity index is 152. The zero-order valence-corrected chi connectivity index (χ0v) is 7.55. The van der Waals surface area contributed by atoms with E-state index in [-0.39, 0.29) is 5.91 Å². The summed E-state index contributed by atoms with van der Waals surface area (Å²) in [6, 6.07) is -0.410. The highest BCUT2D eigenvalue weighted by Crippen LogP contribution is 2.05. The Morgan fingerprint density at radius 3 is 2.50 bits per heavy atom. The molecule has 0 saturated carbocycles. The third-order valence-electron chi connectivity index (χ3n) is 2.04. The maximum absolute atomic E-state index is 11.1. The summed E-state index contributed by atoms with van der Waals surface area (Å²) in [4.78, 5) is 11.1. The van der Waals surface area contributed by atoms with Gasteiger partial charge in [0.05, 0.1) is 6.04 Å². The van der Waals surface area contributed by atoms with Crippen LogP contribution in [0.25, 0.3) is 0 Å². The highest BCUT2D eigenvalue weighted by Gasteiger charge is 2.14. The fraction of sp³-hybridized carbons (Fsp3) is 0.875. The van der Waals surface area contributed by atoms with Crippen molar-refractivity contribution < 1.29 is 4.79 Å². The quantitative estimate of drug-likeness (QED) is 0.607. The average Bonchev–Trinajstić information content (AvgIpc) is 2.06. The van der Waals surface area contributed by atoms with Gasteiger partial charge in [-0.25, -0.2) is 5.01 Å². The third kappa shape index (κ3) is 2.79. The van der Waals surface area contributed by atoms with Gasteiger partial charge in [-0.2, -0.15) is 0 Å². The molecule has 70 valence electrons. The molecule has 1 rings (SSSR count). The maximum Gasteiger partial charge on any atom is 0.250 e. The molecule has 0 unspecified atom stereocenters. The molecular weight excluding hydrogens is 154 g/mol. The first kappa shape index (κ1) is 9.48. The highest BCUT2D eigenvalue weighted by atomic mass is 16.2. The standard InChI is InChI=1S/C8H17N3O/c1-7(9)8(12)10-11-5-3-2-4-6-11/h7H,2-6,9H2,1H3,(H,10,12)/t7-/m1/s1. The summed E-state index contributed by atoms with van der Waals surface area (Å²) >= 11 is 0. The first-order chi connectivity index (χ1) is 5.70. The Balaban J connectivity index is 2.24. The number of hydrogen-bond donors (Lipinski definition) is 2. The van der Waals surface area contributed by atoms with Gasteiger partial charge in [0.1, 0.15) is 0 Å². The minimum absolute atomic E-state index is 0.0862. The van der Waals surface area contributed by atoms with Gasteiger partial charge in [-0.3, -0.25) is 10.2 Å². The van der Waals surface area contributed by atoms with E-state index in [4.69, 9.17) is 5.73 Å². The molecule has 1 fully saturated rings. The summed E-state index contributed by atoms with van der Waals surface area (Å²) in [5.74, 6) is -0.0862. The SMILES string of the molecule is C[C@@H](N)C(=O)NN1CCCCC1. The Labute approximate surface area is 73.1 Å². The van der Waals surface area contributed by atoms with Crippen LogP contribution >= 0.6 is 0 Å². The van der Waals surface area contributed by atoms with Gasteiger partial charge in [-0.05, 0) is 19.8 Å². The number of amides is 1. The fourth-order valence-electron chi connectivity index (χ4n) is 1.26. The smallest absolute Gasteiger partial charge is 0.250 e. The lowest BCUT2D eigenvalue weighted by molar-refractivity contribution is -0.127. The van der Waals surface area contributed by atoms with Crippen molar-refractivity contribution in [2.75, 3.05) is 13.1 Å². The first-order valence-corrected chi connectivity index (χ1v) is 4.51. The van der Waals surface area contributed by atoms with Gasteiger partial charge in [-0.1, -0.05) is 6.42 Å². The Kier molecular flexibility index (Phi) is 3.49. The van der Waals surface area contributed by atoms with Gasteiger partial charge in [0, 0.05) is 13.1 Å². The third-order valence-corrected chi connectivity index (χ3v) is 2.04. The van der Waals surface area contributed by atoms with Gasteiger partial charge in [0.15, 0.2) is 0 Å². The number of piperidine rings is 1. The zero-order valence-electron chi connectivity index (χ0n) is 7.55. The number of nitrogens with one attached hydrogen (secondary N) is 1. The van der Waals surface area contributed by atoms with E-state index in [1.54, 1.807) is 6.92 Å². The predicted octanol–water partition coefficient (Wildman–Crippen LogP) is -0.149. The first-order valence-electron chi connectivity index (χ1n) is 4.51. The molecule has 1 amide bonds. The van der Waals surface area contributed by atoms with Crippen LogP contribution in [-0.2, 0) is 4.79 Å². The highest BCUT2D eigenvalue weighted by molar-refractivity contribution is 5.80. The van der Waals surface area contributed by atoms with E-state index < -0.39 is 6.04 Å². The molecule has 0 aromatic heterocycles. The summed E-state index contributed by atoms with van der Waals surface area (Å²) in [6.07, 6.45) is 3.60. The van der Waals surface area contributed by atoms with Crippen molar-refractivity contribution in [1.82, 2.24) is 10.4 Å². The van der Waals surface area contributed by atoms with Crippen molar-refractivity contribution in [2.45, 2.75) is 32.2 Å². The monoisotopic (exact) mass is 171 g/mol. The molecule has 0 bridgehead atoms. The van der Waals surface area contributed by atoms with Crippen molar-refractivity contribution in [3.63, 3.8) is 0 Å². The van der Waals surface area contributed by atoms with Gasteiger partial charge >= 0.3 is 0 Å². The molecule has 0 aromatic carbocycles. The summed E-state index contributed by atoms with van der Waals surface area (Å²) in [5.41, 5.74) is 8.20. The second-order valence-electron chi connectivity index (χ2n) is 3.31. The molecule has 4 heteroatoms. The molecule has 4 nitrogen and oxygen atoms in total. The summed E-state index contributed by atoms with van der Waals surface area (Å²) < 4.78 is 0. The minimum atomic E-state index is -0.410. The Morgan fingerprint density at radius 2 is 2.00 bits per heavy atom. The van der Waals surface area contributed by atoms with E-state index >= 15 is 0 Å². The van der Waals surface area contributed by atoms with E-state index in [1.807, 2.05) is 5.01 Å². The van der Waals surface area contributed by atoms with Crippen LogP contribution in [0.1, 0.15) is 26.2 Å². The summed E-state index contributed by atoms with van der Waals surface area (Å²) in [5, 5.41) is 1.95. The molecule has 0 aliphatic carbocycles. The number of nitrogens with two attached hydrogens (primary N) is 1. The number of hydrogen-bond acceptors (Lipinski definition) is 3. The van der Waals surface area contributed by atoms with E-state index in [0.717, 1.165) is 13.1 Å². The molecule has 3 N–H and O–H groups in total. The lowest BCUT2D eigenvalue weighted by atomic mass is 10.2. The molecule has 0 spiro atoms. The Morgan fingerprint density at radius 1 is 1.42 bits per heavy atom. The molecular formula is C8H17N3O. The van der Waals surface area contributed by atoms with Crippen LogP contribution in [0.15, 0.2) is 0 Å². The molecule has 1 aliphatic rings. The van der Waals surface area contributed by atoms with E-state index in [0.29, 0.717) is 0 Å². The molecule has 12 heavy (non-hydrogen) atoms. The van der Waals surface area contributed by atoms with Gasteiger partial charge in [0.2, 0.25) is 0 Å². The van der Waals surface area contributed by atoms with Crippen molar-refractivity contribution in [3.8, 4) is 0 Å². The minimum Gasteiger partial charge on any atom is -0.320 e. The average molecular weight is 171 g/mol. The molecule has 1 saturated heterocycles. The predicted molar refractivity (Wildman–Crippen MR) is 47.2 cm³/mol. The number of nitrogens with zero attached hydrogens (tertiary/aromatic N) is 1. The zero-order chi connectivity index (χ0) is 8.97. The van der Waals surface area contributed by atoms with E-state index in [1.165, 1.54) is 19.3 Å². The van der Waals surface area contributed by atoms with Crippen LogP contribution in [0.5, 0.6) is 0 Å². The summed E-state index contributed by atoms with van der Waals surface area (Å²) in [7, 11) is 0. The van der Waals surface area contributed by atoms with E-state index in [9.17, 15) is 4.79 Å². The maximum atomic E-state index is 11.1. The fourth-order valence-corrected chi connectivity index (χ4v) is 1.26. The second kappa shape index (κ2) is 4.42. The van der Waals surface area contributed by atoms with Crippen LogP contribution < -0.4 is 11.2 Å². The van der Waals surface area contributed by atoms with Gasteiger partial charge in [-0.15, -0.1) is 0 Å². The van der Waals surface area contributed by atoms with Crippen molar-refractivity contribution in [1.29, 1.82) is 0 Å². The lowest BCUT2D eigenvalue weighted by Crippen LogP contribution is -2.50. The normalized spacial score (nSPS) is 21.8. The van der Waals surface area contributed by atoms with Crippen molar-refractivity contribution in [3.05, 3.63) is 0 Å². The lowest BCUT2D eigenvalue weighted by Gasteiger charge is -2.27. The second-order valence-corrected chi connectivity index (χ2v) is 3.31. The van der Waals surface area contributed by atoms with Crippen molar-refractivity contribution in [2.24, 2.45) is 5.73 Å². The van der Waals surface area contributed by atoms with Crippen LogP contribution in [0, 0.1) is 0 Å². The van der Waals surface area contributed by atoms with Gasteiger partial charge < -0.3 is 5.73 Å². The number of carbonyl (C=O) groups is 1.